The van der Waals surface area contributed by atoms with Crippen molar-refractivity contribution in [1.29, 1.82) is 0 Å². The first kappa shape index (κ1) is 14.5. The molecule has 0 heterocycles. The summed E-state index contributed by atoms with van der Waals surface area (Å²) in [7, 11) is 0. The fourth-order valence-electron chi connectivity index (χ4n) is 1.55. The average Bonchev–Trinajstić information content (AvgIpc) is 2.43. The number of anilines is 1. The van der Waals surface area contributed by atoms with Crippen LogP contribution >= 0.6 is 23.2 Å². The number of esters is 1. The Balaban J connectivity index is 2.07. The van der Waals surface area contributed by atoms with Crippen LogP contribution in [0.15, 0.2) is 36.4 Å². The number of phenols is 1. The summed E-state index contributed by atoms with van der Waals surface area (Å²) < 4.78 is 5.13. The van der Waals surface area contributed by atoms with Gasteiger partial charge in [0.1, 0.15) is 12.4 Å². The minimum atomic E-state index is -0.552. The number of rotatable bonds is 3. The van der Waals surface area contributed by atoms with E-state index in [1.54, 1.807) is 12.1 Å². The zero-order valence-corrected chi connectivity index (χ0v) is 11.8. The molecular formula is C14H11Cl2NO3. The first-order valence-electron chi connectivity index (χ1n) is 5.67. The third-order valence-electron chi connectivity index (χ3n) is 2.60. The summed E-state index contributed by atoms with van der Waals surface area (Å²) in [5.41, 5.74) is 6.84. The number of hydrogen-bond acceptors (Lipinski definition) is 4. The van der Waals surface area contributed by atoms with Crippen molar-refractivity contribution in [2.75, 3.05) is 5.73 Å². The Kier molecular flexibility index (Phi) is 4.37. The molecule has 104 valence electrons. The number of carbonyl (C=O) groups is 1. The molecule has 2 rings (SSSR count). The second kappa shape index (κ2) is 6.03. The van der Waals surface area contributed by atoms with Crippen LogP contribution in [0.25, 0.3) is 0 Å². The molecule has 0 aliphatic carbocycles. The molecule has 0 saturated carbocycles. The van der Waals surface area contributed by atoms with E-state index in [1.807, 2.05) is 0 Å². The minimum Gasteiger partial charge on any atom is -0.508 e. The van der Waals surface area contributed by atoms with Gasteiger partial charge < -0.3 is 15.6 Å². The van der Waals surface area contributed by atoms with Crippen LogP contribution < -0.4 is 5.73 Å². The van der Waals surface area contributed by atoms with Gasteiger partial charge in [-0.15, -0.1) is 0 Å². The molecule has 0 aromatic heterocycles. The van der Waals surface area contributed by atoms with Crippen molar-refractivity contribution in [3.05, 3.63) is 57.6 Å². The number of ether oxygens (including phenoxy) is 1. The van der Waals surface area contributed by atoms with E-state index in [0.29, 0.717) is 0 Å². The number of halogens is 2. The van der Waals surface area contributed by atoms with E-state index < -0.39 is 5.97 Å². The molecule has 6 heteroatoms. The highest BCUT2D eigenvalue weighted by molar-refractivity contribution is 6.43. The van der Waals surface area contributed by atoms with Gasteiger partial charge in [-0.1, -0.05) is 35.3 Å². The molecule has 0 fully saturated rings. The fourth-order valence-corrected chi connectivity index (χ4v) is 1.89. The molecule has 0 atom stereocenters. The van der Waals surface area contributed by atoms with Crippen LogP contribution in [0.1, 0.15) is 15.9 Å². The standard InChI is InChI=1S/C14H11Cl2NO3/c15-11-5-9(6-12(17)13(11)16)14(19)20-7-8-1-3-10(18)4-2-8/h1-6,18H,7,17H2. The zero-order chi connectivity index (χ0) is 14.7. The van der Waals surface area contributed by atoms with E-state index in [9.17, 15) is 4.79 Å². The van der Waals surface area contributed by atoms with Gasteiger partial charge in [-0.2, -0.15) is 0 Å². The highest BCUT2D eigenvalue weighted by atomic mass is 35.5. The van der Waals surface area contributed by atoms with Crippen molar-refractivity contribution in [2.45, 2.75) is 6.61 Å². The van der Waals surface area contributed by atoms with Gasteiger partial charge in [0.05, 0.1) is 21.3 Å². The quantitative estimate of drug-likeness (QED) is 0.670. The van der Waals surface area contributed by atoms with E-state index >= 15 is 0 Å². The number of carbonyl (C=O) groups excluding carboxylic acids is 1. The summed E-state index contributed by atoms with van der Waals surface area (Å²) in [6, 6.07) is 9.16. The first-order chi connectivity index (χ1) is 9.47. The molecular weight excluding hydrogens is 301 g/mol. The molecule has 0 aliphatic heterocycles. The molecule has 0 spiro atoms. The number of nitrogen functional groups attached to an aromatic ring is 1. The van der Waals surface area contributed by atoms with Gasteiger partial charge in [0.2, 0.25) is 0 Å². The Morgan fingerprint density at radius 2 is 1.85 bits per heavy atom. The molecule has 0 unspecified atom stereocenters. The van der Waals surface area contributed by atoms with Gasteiger partial charge in [-0.3, -0.25) is 0 Å². The summed E-state index contributed by atoms with van der Waals surface area (Å²) in [6.07, 6.45) is 0. The predicted molar refractivity (Wildman–Crippen MR) is 78.1 cm³/mol. The molecule has 4 nitrogen and oxygen atoms in total. The summed E-state index contributed by atoms with van der Waals surface area (Å²) in [6.45, 7) is 0.0826. The molecule has 2 aromatic carbocycles. The van der Waals surface area contributed by atoms with Crippen molar-refractivity contribution in [3.8, 4) is 5.75 Å². The molecule has 0 bridgehead atoms. The SMILES string of the molecule is Nc1cc(C(=O)OCc2ccc(O)cc2)cc(Cl)c1Cl. The Labute approximate surface area is 125 Å². The van der Waals surface area contributed by atoms with Gasteiger partial charge in [-0.05, 0) is 29.8 Å². The number of nitrogens with two attached hydrogens (primary N) is 1. The molecule has 2 aromatic rings. The third kappa shape index (κ3) is 3.35. The average molecular weight is 312 g/mol. The van der Waals surface area contributed by atoms with Crippen LogP contribution in [-0.4, -0.2) is 11.1 Å². The van der Waals surface area contributed by atoms with Crippen molar-refractivity contribution in [2.24, 2.45) is 0 Å². The Bertz CT molecular complexity index is 618. The highest BCUT2D eigenvalue weighted by Crippen LogP contribution is 2.29. The van der Waals surface area contributed by atoms with Gasteiger partial charge in [0, 0.05) is 0 Å². The fraction of sp³-hybridized carbons (Fsp3) is 0.0714. The van der Waals surface area contributed by atoms with Crippen molar-refractivity contribution < 1.29 is 14.6 Å². The molecule has 0 saturated heterocycles. The summed E-state index contributed by atoms with van der Waals surface area (Å²) in [4.78, 5) is 11.9. The highest BCUT2D eigenvalue weighted by Gasteiger charge is 2.12. The molecule has 20 heavy (non-hydrogen) atoms. The van der Waals surface area contributed by atoms with Crippen LogP contribution in [0.5, 0.6) is 5.75 Å². The predicted octanol–water partition coefficient (Wildman–Crippen LogP) is 3.64. The Hall–Kier alpha value is -1.91. The van der Waals surface area contributed by atoms with E-state index in [-0.39, 0.29) is 33.7 Å². The van der Waals surface area contributed by atoms with E-state index in [4.69, 9.17) is 38.8 Å². The Morgan fingerprint density at radius 3 is 2.45 bits per heavy atom. The lowest BCUT2D eigenvalue weighted by Crippen LogP contribution is -2.06. The maximum absolute atomic E-state index is 11.9. The topological polar surface area (TPSA) is 72.6 Å². The number of benzene rings is 2. The maximum Gasteiger partial charge on any atom is 0.338 e. The van der Waals surface area contributed by atoms with Gasteiger partial charge in [0.25, 0.3) is 0 Å². The normalized spacial score (nSPS) is 10.3. The van der Waals surface area contributed by atoms with Crippen LogP contribution in [0.2, 0.25) is 10.0 Å². The van der Waals surface area contributed by atoms with Crippen LogP contribution in [-0.2, 0) is 11.3 Å². The van der Waals surface area contributed by atoms with Gasteiger partial charge in [0.15, 0.2) is 0 Å². The second-order valence-electron chi connectivity index (χ2n) is 4.10. The molecule has 0 aliphatic rings. The third-order valence-corrected chi connectivity index (χ3v) is 3.41. The van der Waals surface area contributed by atoms with Crippen LogP contribution in [0.3, 0.4) is 0 Å². The molecule has 0 amide bonds. The second-order valence-corrected chi connectivity index (χ2v) is 4.89. The lowest BCUT2D eigenvalue weighted by atomic mass is 10.2. The first-order valence-corrected chi connectivity index (χ1v) is 6.42. The van der Waals surface area contributed by atoms with Crippen molar-refractivity contribution in [1.82, 2.24) is 0 Å². The molecule has 3 N–H and O–H groups in total. The number of phenolic OH excluding ortho intramolecular Hbond substituents is 1. The Morgan fingerprint density at radius 1 is 1.20 bits per heavy atom. The monoisotopic (exact) mass is 311 g/mol. The van der Waals surface area contributed by atoms with Crippen LogP contribution in [0, 0.1) is 0 Å². The number of hydrogen-bond donors (Lipinski definition) is 2. The lowest BCUT2D eigenvalue weighted by molar-refractivity contribution is 0.0473. The van der Waals surface area contributed by atoms with Gasteiger partial charge >= 0.3 is 5.97 Å². The maximum atomic E-state index is 11.9. The van der Waals surface area contributed by atoms with Crippen molar-refractivity contribution in [3.63, 3.8) is 0 Å². The van der Waals surface area contributed by atoms with Crippen LogP contribution in [0.4, 0.5) is 5.69 Å². The molecule has 0 radical (unpaired) electrons. The van der Waals surface area contributed by atoms with Gasteiger partial charge in [-0.25, -0.2) is 4.79 Å². The lowest BCUT2D eigenvalue weighted by Gasteiger charge is -2.07. The van der Waals surface area contributed by atoms with E-state index in [2.05, 4.69) is 0 Å². The summed E-state index contributed by atoms with van der Waals surface area (Å²) in [5.74, 6) is -0.402. The van der Waals surface area contributed by atoms with Crippen molar-refractivity contribution >= 4 is 34.9 Å². The zero-order valence-electron chi connectivity index (χ0n) is 10.3. The largest absolute Gasteiger partial charge is 0.508 e. The van der Waals surface area contributed by atoms with E-state index in [1.165, 1.54) is 24.3 Å². The van der Waals surface area contributed by atoms with E-state index in [0.717, 1.165) is 5.56 Å². The summed E-state index contributed by atoms with van der Waals surface area (Å²) in [5, 5.41) is 9.56. The summed E-state index contributed by atoms with van der Waals surface area (Å²) >= 11 is 11.7. The number of aromatic hydroxyl groups is 1. The minimum absolute atomic E-state index is 0.0826. The smallest absolute Gasteiger partial charge is 0.338 e.